The molecule has 0 radical (unpaired) electrons. The number of halogens is 1. The third kappa shape index (κ3) is 5.79. The van der Waals surface area contributed by atoms with Crippen LogP contribution in [-0.2, 0) is 14.3 Å². The Bertz CT molecular complexity index is 1850. The number of hydrogen-bond donors (Lipinski definition) is 0. The highest BCUT2D eigenvalue weighted by molar-refractivity contribution is 9.10. The van der Waals surface area contributed by atoms with Crippen molar-refractivity contribution in [2.45, 2.75) is 32.7 Å². The highest BCUT2D eigenvalue weighted by Crippen LogP contribution is 2.36. The number of rotatable bonds is 7. The number of anilines is 1. The van der Waals surface area contributed by atoms with Crippen LogP contribution in [0.25, 0.3) is 11.8 Å². The van der Waals surface area contributed by atoms with E-state index in [1.807, 2.05) is 60.7 Å². The molecule has 1 atom stereocenters. The van der Waals surface area contributed by atoms with Crippen LogP contribution in [0.5, 0.6) is 0 Å². The average Bonchev–Trinajstić information content (AvgIpc) is 3.55. The van der Waals surface area contributed by atoms with E-state index in [1.54, 1.807) is 17.6 Å². The zero-order valence-electron chi connectivity index (χ0n) is 24.2. The smallest absolute Gasteiger partial charge is 0.338 e. The second kappa shape index (κ2) is 12.5. The van der Waals surface area contributed by atoms with Gasteiger partial charge in [0.05, 0.1) is 46.1 Å². The van der Waals surface area contributed by atoms with Crippen LogP contribution in [0.2, 0.25) is 0 Å². The van der Waals surface area contributed by atoms with E-state index in [2.05, 4.69) is 34.7 Å². The van der Waals surface area contributed by atoms with Gasteiger partial charge in [-0.25, -0.2) is 9.79 Å². The molecule has 0 amide bonds. The number of benzene rings is 2. The van der Waals surface area contributed by atoms with E-state index in [4.69, 9.17) is 18.9 Å². The van der Waals surface area contributed by atoms with Crippen molar-refractivity contribution in [2.24, 2.45) is 4.99 Å². The minimum Gasteiger partial charge on any atom is -0.463 e. The number of fused-ring (bicyclic) bond motifs is 1. The Balaban J connectivity index is 1.55. The van der Waals surface area contributed by atoms with Crippen LogP contribution >= 0.6 is 27.3 Å². The maximum absolute atomic E-state index is 14.2. The molecule has 0 aliphatic carbocycles. The van der Waals surface area contributed by atoms with Crippen LogP contribution in [0.4, 0.5) is 5.88 Å². The van der Waals surface area contributed by atoms with E-state index in [0.29, 0.717) is 51.4 Å². The van der Waals surface area contributed by atoms with Gasteiger partial charge in [-0.1, -0.05) is 79.8 Å². The second-order valence-electron chi connectivity index (χ2n) is 10.7. The van der Waals surface area contributed by atoms with Crippen LogP contribution in [0, 0.1) is 0 Å². The van der Waals surface area contributed by atoms with Crippen molar-refractivity contribution in [3.05, 3.63) is 113 Å². The number of carbonyl (C=O) groups is 1. The van der Waals surface area contributed by atoms with Crippen molar-refractivity contribution in [1.82, 2.24) is 4.57 Å². The third-order valence-electron chi connectivity index (χ3n) is 7.55. The number of aromatic nitrogens is 1. The van der Waals surface area contributed by atoms with Crippen molar-refractivity contribution in [1.29, 1.82) is 0 Å². The minimum atomic E-state index is -0.721. The van der Waals surface area contributed by atoms with Gasteiger partial charge in [0.25, 0.3) is 5.56 Å². The van der Waals surface area contributed by atoms with E-state index in [1.165, 1.54) is 16.9 Å². The average molecular weight is 663 g/mol. The van der Waals surface area contributed by atoms with Crippen LogP contribution in [0.1, 0.15) is 55.2 Å². The van der Waals surface area contributed by atoms with Crippen molar-refractivity contribution in [3.8, 4) is 0 Å². The molecule has 2 aliphatic rings. The molecule has 2 aromatic heterocycles. The van der Waals surface area contributed by atoms with E-state index in [-0.39, 0.29) is 12.2 Å². The topological polar surface area (TPSA) is 86.3 Å². The number of furan rings is 1. The van der Waals surface area contributed by atoms with Crippen molar-refractivity contribution in [3.63, 3.8) is 0 Å². The molecule has 10 heteroatoms. The summed E-state index contributed by atoms with van der Waals surface area (Å²) in [7, 11) is 0. The van der Waals surface area contributed by atoms with Crippen LogP contribution < -0.4 is 19.8 Å². The van der Waals surface area contributed by atoms with Gasteiger partial charge in [-0.15, -0.1) is 0 Å². The molecule has 2 aromatic carbocycles. The lowest BCUT2D eigenvalue weighted by Gasteiger charge is -2.26. The normalized spacial score (nSPS) is 17.3. The Labute approximate surface area is 261 Å². The number of nitrogens with zero attached hydrogens (tertiary/aromatic N) is 3. The fraction of sp³-hybridized carbons (Fsp3) is 0.303. The van der Waals surface area contributed by atoms with Crippen molar-refractivity contribution in [2.75, 3.05) is 37.8 Å². The summed E-state index contributed by atoms with van der Waals surface area (Å²) >= 11 is 4.89. The van der Waals surface area contributed by atoms with Gasteiger partial charge in [0.1, 0.15) is 5.76 Å². The van der Waals surface area contributed by atoms with Crippen molar-refractivity contribution >= 4 is 50.9 Å². The second-order valence-corrected chi connectivity index (χ2v) is 12.5. The molecule has 0 N–H and O–H groups in total. The Morgan fingerprint density at radius 1 is 1.14 bits per heavy atom. The molecular weight excluding hydrogens is 630 g/mol. The predicted molar refractivity (Wildman–Crippen MR) is 171 cm³/mol. The number of ether oxygens (including phenoxy) is 2. The summed E-state index contributed by atoms with van der Waals surface area (Å²) in [6, 6.07) is 18.8. The van der Waals surface area contributed by atoms with Crippen molar-refractivity contribution < 1.29 is 18.7 Å². The first kappa shape index (κ1) is 29.3. The standard InChI is InChI=1S/C33H32BrN3O5S/c1-4-41-32(39)27-28(22-8-6-5-7-9-22)35-33-37(29(27)23-12-10-21(11-13-23)20(2)3)30(38)26(43-33)19-24-18-25(34)31(42-24)36-14-16-40-17-15-36/h5-13,18-20,29H,4,14-17H2,1-3H3/b26-19+/t29-/m0/s1. The van der Waals surface area contributed by atoms with Gasteiger partial charge in [-0.2, -0.15) is 0 Å². The molecule has 43 heavy (non-hydrogen) atoms. The fourth-order valence-electron chi connectivity index (χ4n) is 5.38. The lowest BCUT2D eigenvalue weighted by atomic mass is 9.91. The molecule has 0 unspecified atom stereocenters. The maximum atomic E-state index is 14.2. The molecule has 2 aliphatic heterocycles. The van der Waals surface area contributed by atoms with E-state index in [9.17, 15) is 9.59 Å². The Morgan fingerprint density at radius 3 is 2.53 bits per heavy atom. The van der Waals surface area contributed by atoms with Gasteiger partial charge in [0.15, 0.2) is 4.80 Å². The van der Waals surface area contributed by atoms with Gasteiger partial charge < -0.3 is 18.8 Å². The summed E-state index contributed by atoms with van der Waals surface area (Å²) in [5.41, 5.74) is 3.33. The lowest BCUT2D eigenvalue weighted by Crippen LogP contribution is -2.40. The van der Waals surface area contributed by atoms with Gasteiger partial charge in [0.2, 0.25) is 5.88 Å². The largest absolute Gasteiger partial charge is 0.463 e. The highest BCUT2D eigenvalue weighted by Gasteiger charge is 2.35. The summed E-state index contributed by atoms with van der Waals surface area (Å²) in [6.07, 6.45) is 1.74. The van der Waals surface area contributed by atoms with Crippen LogP contribution in [-0.4, -0.2) is 43.4 Å². The highest BCUT2D eigenvalue weighted by atomic mass is 79.9. The molecule has 0 saturated carbocycles. The quantitative estimate of drug-likeness (QED) is 0.252. The minimum absolute atomic E-state index is 0.201. The van der Waals surface area contributed by atoms with E-state index < -0.39 is 12.0 Å². The number of thiazole rings is 1. The van der Waals surface area contributed by atoms with E-state index >= 15 is 0 Å². The third-order valence-corrected chi connectivity index (χ3v) is 9.10. The number of esters is 1. The first-order chi connectivity index (χ1) is 20.9. The molecule has 4 heterocycles. The molecule has 1 saturated heterocycles. The molecule has 6 rings (SSSR count). The molecule has 0 bridgehead atoms. The Morgan fingerprint density at radius 2 is 1.86 bits per heavy atom. The van der Waals surface area contributed by atoms with E-state index in [0.717, 1.165) is 28.7 Å². The van der Waals surface area contributed by atoms with Gasteiger partial charge >= 0.3 is 5.97 Å². The molecule has 4 aromatic rings. The SMILES string of the molecule is CCOC(=O)C1=C(c2ccccc2)N=c2s/c(=C/c3cc(Br)c(N4CCOCC4)o3)c(=O)n2[C@H]1c1ccc(C(C)C)cc1. The number of hydrogen-bond acceptors (Lipinski definition) is 8. The maximum Gasteiger partial charge on any atom is 0.338 e. The predicted octanol–water partition coefficient (Wildman–Crippen LogP) is 5.25. The summed E-state index contributed by atoms with van der Waals surface area (Å²) in [4.78, 5) is 35.4. The summed E-state index contributed by atoms with van der Waals surface area (Å²) in [6.45, 7) is 8.95. The number of morpholine rings is 1. The molecule has 8 nitrogen and oxygen atoms in total. The first-order valence-electron chi connectivity index (χ1n) is 14.4. The molecule has 222 valence electrons. The lowest BCUT2D eigenvalue weighted by molar-refractivity contribution is -0.138. The molecule has 1 fully saturated rings. The zero-order valence-corrected chi connectivity index (χ0v) is 26.6. The summed E-state index contributed by atoms with van der Waals surface area (Å²) in [5.74, 6) is 1.10. The van der Waals surface area contributed by atoms with Gasteiger partial charge in [-0.05, 0) is 39.9 Å². The number of carbonyl (C=O) groups excluding carboxylic acids is 1. The van der Waals surface area contributed by atoms with Gasteiger partial charge in [0, 0.05) is 30.8 Å². The zero-order chi connectivity index (χ0) is 30.1. The summed E-state index contributed by atoms with van der Waals surface area (Å²) < 4.78 is 20.1. The molecular formula is C33H32BrN3O5S. The van der Waals surface area contributed by atoms with Gasteiger partial charge in [-0.3, -0.25) is 9.36 Å². The summed E-state index contributed by atoms with van der Waals surface area (Å²) in [5, 5.41) is 0. The van der Waals surface area contributed by atoms with Crippen LogP contribution in [0.15, 0.2) is 84.9 Å². The van der Waals surface area contributed by atoms with Crippen LogP contribution in [0.3, 0.4) is 0 Å². The Hall–Kier alpha value is -3.73. The Kier molecular flexibility index (Phi) is 8.52. The monoisotopic (exact) mass is 661 g/mol. The molecule has 0 spiro atoms. The first-order valence-corrected chi connectivity index (χ1v) is 16.0. The fourth-order valence-corrected chi connectivity index (χ4v) is 6.92.